The van der Waals surface area contributed by atoms with Gasteiger partial charge in [-0.05, 0) is 68.2 Å². The normalized spacial score (nSPS) is 30.1. The fourth-order valence-corrected chi connectivity index (χ4v) is 5.33. The van der Waals surface area contributed by atoms with Crippen LogP contribution in [0.5, 0.6) is 0 Å². The van der Waals surface area contributed by atoms with Gasteiger partial charge in [0.05, 0.1) is 11.8 Å². The van der Waals surface area contributed by atoms with Gasteiger partial charge in [-0.15, -0.1) is 0 Å². The molecule has 4 atom stereocenters. The van der Waals surface area contributed by atoms with Crippen molar-refractivity contribution in [1.82, 2.24) is 4.90 Å². The van der Waals surface area contributed by atoms with Crippen LogP contribution in [0.15, 0.2) is 16.6 Å². The summed E-state index contributed by atoms with van der Waals surface area (Å²) >= 11 is 3.47. The Morgan fingerprint density at radius 2 is 1.72 bits per heavy atom. The number of hydrogen-bond acceptors (Lipinski definition) is 3. The maximum atomic E-state index is 12.7. The smallest absolute Gasteiger partial charge is 0.244 e. The fourth-order valence-electron chi connectivity index (χ4n) is 4.88. The first-order valence-corrected chi connectivity index (χ1v) is 9.58. The minimum absolute atomic E-state index is 0.138. The van der Waals surface area contributed by atoms with Crippen LogP contribution in [0.4, 0.5) is 5.69 Å². The molecule has 6 heteroatoms. The summed E-state index contributed by atoms with van der Waals surface area (Å²) in [5.74, 6) is -0.251. The number of rotatable bonds is 3. The Balaban J connectivity index is 1.48. The summed E-state index contributed by atoms with van der Waals surface area (Å²) in [5, 5.41) is 2.84. The summed E-state index contributed by atoms with van der Waals surface area (Å²) in [6, 6.07) is 3.83. The van der Waals surface area contributed by atoms with Gasteiger partial charge in [0.15, 0.2) is 0 Å². The van der Waals surface area contributed by atoms with Gasteiger partial charge in [0.2, 0.25) is 17.7 Å². The van der Waals surface area contributed by atoms with Crippen molar-refractivity contribution in [3.05, 3.63) is 27.7 Å². The molecule has 2 bridgehead atoms. The maximum Gasteiger partial charge on any atom is 0.244 e. The summed E-state index contributed by atoms with van der Waals surface area (Å²) in [6.45, 7) is 3.68. The molecule has 1 aromatic carbocycles. The number of nitrogens with zero attached hydrogens (tertiary/aromatic N) is 1. The Bertz CT molecular complexity index is 763. The lowest BCUT2D eigenvalue weighted by Crippen LogP contribution is -2.39. The van der Waals surface area contributed by atoms with E-state index in [0.29, 0.717) is 17.5 Å². The van der Waals surface area contributed by atoms with Gasteiger partial charge in [-0.25, -0.2) is 0 Å². The zero-order valence-corrected chi connectivity index (χ0v) is 15.9. The SMILES string of the molecule is Cc1cc(NC(=O)CN2C(=O)[C@H]3[C@@H]4CC[C@@H](C4)[C@@H]3C2=O)c(C)cc1Br. The number of likely N-dealkylation sites (tertiary alicyclic amines) is 1. The number of fused-ring (bicyclic) bond motifs is 5. The van der Waals surface area contributed by atoms with E-state index >= 15 is 0 Å². The fraction of sp³-hybridized carbons (Fsp3) is 0.526. The summed E-state index contributed by atoms with van der Waals surface area (Å²) in [7, 11) is 0. The van der Waals surface area contributed by atoms with Crippen molar-refractivity contribution in [2.24, 2.45) is 23.7 Å². The molecule has 1 aliphatic heterocycles. The van der Waals surface area contributed by atoms with Crippen molar-refractivity contribution in [2.75, 3.05) is 11.9 Å². The molecule has 1 heterocycles. The third-order valence-corrected chi connectivity index (χ3v) is 6.95. The molecule has 0 aromatic heterocycles. The van der Waals surface area contributed by atoms with Crippen LogP contribution < -0.4 is 5.32 Å². The predicted octanol–water partition coefficient (Wildman–Crippen LogP) is 3.04. The standard InChI is InChI=1S/C19H21BrN2O3/c1-9-6-14(10(2)5-13(9)20)21-15(23)8-22-18(24)16-11-3-4-12(7-11)17(16)19(22)25/h5-6,11-12,16-17H,3-4,7-8H2,1-2H3,(H,21,23)/t11-,12+,16-,17-/m0/s1. The Kier molecular flexibility index (Phi) is 3.98. The molecule has 0 spiro atoms. The molecule has 0 radical (unpaired) electrons. The molecule has 3 fully saturated rings. The van der Waals surface area contributed by atoms with Crippen LogP contribution in [-0.4, -0.2) is 29.2 Å². The van der Waals surface area contributed by atoms with Crippen LogP contribution in [0.3, 0.4) is 0 Å². The number of hydrogen-bond donors (Lipinski definition) is 1. The lowest BCUT2D eigenvalue weighted by atomic mass is 9.81. The van der Waals surface area contributed by atoms with Crippen molar-refractivity contribution in [3.63, 3.8) is 0 Å². The van der Waals surface area contributed by atoms with Crippen molar-refractivity contribution in [3.8, 4) is 0 Å². The first kappa shape index (κ1) is 16.8. The molecule has 0 unspecified atom stereocenters. The van der Waals surface area contributed by atoms with Crippen molar-refractivity contribution < 1.29 is 14.4 Å². The van der Waals surface area contributed by atoms with Gasteiger partial charge >= 0.3 is 0 Å². The number of nitrogens with one attached hydrogen (secondary N) is 1. The third-order valence-electron chi connectivity index (χ3n) is 6.10. The van der Waals surface area contributed by atoms with E-state index in [1.165, 1.54) is 4.90 Å². The molecule has 2 saturated carbocycles. The number of aryl methyl sites for hydroxylation is 2. The number of carbonyl (C=O) groups is 3. The van der Waals surface area contributed by atoms with Gasteiger partial charge in [0.25, 0.3) is 0 Å². The molecule has 2 aliphatic carbocycles. The zero-order chi connectivity index (χ0) is 17.9. The van der Waals surface area contributed by atoms with Gasteiger partial charge in [-0.1, -0.05) is 15.9 Å². The molecule has 132 valence electrons. The third kappa shape index (κ3) is 2.62. The minimum Gasteiger partial charge on any atom is -0.324 e. The maximum absolute atomic E-state index is 12.7. The second kappa shape index (κ2) is 5.94. The Labute approximate surface area is 155 Å². The molecular weight excluding hydrogens is 384 g/mol. The van der Waals surface area contributed by atoms with E-state index < -0.39 is 0 Å². The predicted molar refractivity (Wildman–Crippen MR) is 96.8 cm³/mol. The van der Waals surface area contributed by atoms with Gasteiger partial charge in [0, 0.05) is 10.2 Å². The minimum atomic E-state index is -0.321. The van der Waals surface area contributed by atoms with Gasteiger partial charge < -0.3 is 5.32 Å². The molecule has 1 saturated heterocycles. The Morgan fingerprint density at radius 1 is 1.12 bits per heavy atom. The number of amides is 3. The lowest BCUT2D eigenvalue weighted by molar-refractivity contribution is -0.143. The van der Waals surface area contributed by atoms with Gasteiger partial charge in [-0.3, -0.25) is 19.3 Å². The van der Waals surface area contributed by atoms with E-state index in [-0.39, 0.29) is 36.1 Å². The van der Waals surface area contributed by atoms with E-state index in [9.17, 15) is 14.4 Å². The molecule has 25 heavy (non-hydrogen) atoms. The molecule has 4 rings (SSSR count). The monoisotopic (exact) mass is 404 g/mol. The average molecular weight is 405 g/mol. The van der Waals surface area contributed by atoms with E-state index in [1.807, 2.05) is 26.0 Å². The Morgan fingerprint density at radius 3 is 2.32 bits per heavy atom. The quantitative estimate of drug-likeness (QED) is 0.787. The van der Waals surface area contributed by atoms with E-state index in [4.69, 9.17) is 0 Å². The molecular formula is C19H21BrN2O3. The van der Waals surface area contributed by atoms with Crippen molar-refractivity contribution in [1.29, 1.82) is 0 Å². The summed E-state index contributed by atoms with van der Waals surface area (Å²) in [5.41, 5.74) is 2.66. The molecule has 3 aliphatic rings. The highest BCUT2D eigenvalue weighted by atomic mass is 79.9. The first-order valence-electron chi connectivity index (χ1n) is 8.78. The van der Waals surface area contributed by atoms with Crippen LogP contribution in [0.2, 0.25) is 0 Å². The summed E-state index contributed by atoms with van der Waals surface area (Å²) in [4.78, 5) is 38.9. The topological polar surface area (TPSA) is 66.5 Å². The number of halogens is 1. The van der Waals surface area contributed by atoms with Crippen LogP contribution in [0.25, 0.3) is 0 Å². The van der Waals surface area contributed by atoms with E-state index in [2.05, 4.69) is 21.2 Å². The Hall–Kier alpha value is -1.69. The average Bonchev–Trinajstić information content (AvgIpc) is 3.22. The molecule has 1 N–H and O–H groups in total. The number of benzene rings is 1. The molecule has 3 amide bonds. The lowest BCUT2D eigenvalue weighted by Gasteiger charge is -2.19. The molecule has 5 nitrogen and oxygen atoms in total. The highest BCUT2D eigenvalue weighted by molar-refractivity contribution is 9.10. The summed E-state index contributed by atoms with van der Waals surface area (Å²) < 4.78 is 0.983. The summed E-state index contributed by atoms with van der Waals surface area (Å²) in [6.07, 6.45) is 3.09. The largest absolute Gasteiger partial charge is 0.324 e. The zero-order valence-electron chi connectivity index (χ0n) is 14.3. The van der Waals surface area contributed by atoms with Crippen LogP contribution >= 0.6 is 15.9 Å². The highest BCUT2D eigenvalue weighted by Gasteiger charge is 2.60. The number of imide groups is 1. The molecule has 1 aromatic rings. The second-order valence-electron chi connectivity index (χ2n) is 7.61. The second-order valence-corrected chi connectivity index (χ2v) is 8.47. The van der Waals surface area contributed by atoms with Crippen LogP contribution in [0, 0.1) is 37.5 Å². The van der Waals surface area contributed by atoms with E-state index in [1.54, 1.807) is 0 Å². The highest BCUT2D eigenvalue weighted by Crippen LogP contribution is 2.56. The van der Waals surface area contributed by atoms with Gasteiger partial charge in [-0.2, -0.15) is 0 Å². The van der Waals surface area contributed by atoms with Gasteiger partial charge in [0.1, 0.15) is 6.54 Å². The number of carbonyl (C=O) groups excluding carboxylic acids is 3. The van der Waals surface area contributed by atoms with Crippen molar-refractivity contribution in [2.45, 2.75) is 33.1 Å². The number of anilines is 1. The van der Waals surface area contributed by atoms with Crippen LogP contribution in [-0.2, 0) is 14.4 Å². The van der Waals surface area contributed by atoms with Crippen molar-refractivity contribution >= 4 is 39.3 Å². The first-order chi connectivity index (χ1) is 11.9. The van der Waals surface area contributed by atoms with E-state index in [0.717, 1.165) is 34.9 Å². The van der Waals surface area contributed by atoms with Crippen LogP contribution in [0.1, 0.15) is 30.4 Å².